The quantitative estimate of drug-likeness (QED) is 0.771. The predicted molar refractivity (Wildman–Crippen MR) is 86.5 cm³/mol. The van der Waals surface area contributed by atoms with Gasteiger partial charge in [0.2, 0.25) is 11.8 Å². The minimum atomic E-state index is -0.619. The van der Waals surface area contributed by atoms with E-state index >= 15 is 0 Å². The third-order valence-corrected chi connectivity index (χ3v) is 3.56. The maximum atomic E-state index is 12.9. The number of hydrogen-bond acceptors (Lipinski definition) is 3. The van der Waals surface area contributed by atoms with Crippen LogP contribution in [-0.2, 0) is 22.6 Å². The lowest BCUT2D eigenvalue weighted by atomic mass is 9.98. The number of benzene rings is 1. The van der Waals surface area contributed by atoms with Gasteiger partial charge in [-0.05, 0) is 30.2 Å². The first-order valence-corrected chi connectivity index (χ1v) is 7.41. The fraction of sp³-hybridized carbons (Fsp3) is 0.235. The molecule has 2 aromatic rings. The van der Waals surface area contributed by atoms with Crippen LogP contribution in [0, 0.1) is 11.7 Å². The fourth-order valence-corrected chi connectivity index (χ4v) is 2.22. The molecule has 0 fully saturated rings. The van der Waals surface area contributed by atoms with Crippen LogP contribution in [0.1, 0.15) is 5.56 Å². The minimum absolute atomic E-state index is 0.0487. The summed E-state index contributed by atoms with van der Waals surface area (Å²) in [5.74, 6) is -1.94. The third kappa shape index (κ3) is 5.05. The Bertz CT molecular complexity index is 771. The highest BCUT2D eigenvalue weighted by Gasteiger charge is 2.17. The molecular weight excluding hydrogens is 313 g/mol. The van der Waals surface area contributed by atoms with Crippen molar-refractivity contribution in [1.82, 2.24) is 9.88 Å². The molecular formula is C17H18FN3O3. The van der Waals surface area contributed by atoms with Gasteiger partial charge in [-0.2, -0.15) is 0 Å². The second-order valence-corrected chi connectivity index (χ2v) is 5.40. The smallest absolute Gasteiger partial charge is 0.250 e. The van der Waals surface area contributed by atoms with E-state index in [1.807, 2.05) is 0 Å². The Kier molecular flexibility index (Phi) is 5.83. The summed E-state index contributed by atoms with van der Waals surface area (Å²) in [6.45, 7) is -0.0885. The molecule has 0 bridgehead atoms. The summed E-state index contributed by atoms with van der Waals surface area (Å²) < 4.78 is 14.2. The summed E-state index contributed by atoms with van der Waals surface area (Å²) in [6, 6.07) is 10.3. The van der Waals surface area contributed by atoms with Gasteiger partial charge in [-0.25, -0.2) is 4.39 Å². The first-order valence-electron chi connectivity index (χ1n) is 7.41. The van der Waals surface area contributed by atoms with E-state index in [9.17, 15) is 18.8 Å². The monoisotopic (exact) mass is 331 g/mol. The van der Waals surface area contributed by atoms with Crippen LogP contribution in [0.4, 0.5) is 4.39 Å². The van der Waals surface area contributed by atoms with Crippen molar-refractivity contribution < 1.29 is 14.0 Å². The van der Waals surface area contributed by atoms with Gasteiger partial charge < -0.3 is 15.6 Å². The highest BCUT2D eigenvalue weighted by molar-refractivity contribution is 5.79. The van der Waals surface area contributed by atoms with Gasteiger partial charge in [-0.3, -0.25) is 14.4 Å². The molecule has 0 saturated carbocycles. The van der Waals surface area contributed by atoms with Crippen molar-refractivity contribution in [1.29, 1.82) is 0 Å². The number of aromatic nitrogens is 1. The van der Waals surface area contributed by atoms with Crippen LogP contribution in [0.5, 0.6) is 0 Å². The van der Waals surface area contributed by atoms with E-state index in [0.29, 0.717) is 6.42 Å². The topological polar surface area (TPSA) is 94.2 Å². The molecule has 2 amide bonds. The molecule has 1 unspecified atom stereocenters. The molecule has 0 radical (unpaired) electrons. The number of primary amides is 1. The van der Waals surface area contributed by atoms with Gasteiger partial charge in [0, 0.05) is 18.8 Å². The molecule has 2 rings (SSSR count). The number of halogens is 1. The molecule has 0 aliphatic heterocycles. The van der Waals surface area contributed by atoms with Crippen LogP contribution in [0.25, 0.3) is 0 Å². The van der Waals surface area contributed by atoms with Crippen LogP contribution < -0.4 is 16.6 Å². The van der Waals surface area contributed by atoms with E-state index in [1.165, 1.54) is 29.0 Å². The van der Waals surface area contributed by atoms with Gasteiger partial charge in [0.15, 0.2) is 0 Å². The molecule has 0 saturated heterocycles. The van der Waals surface area contributed by atoms with E-state index in [4.69, 9.17) is 5.73 Å². The van der Waals surface area contributed by atoms with Gasteiger partial charge in [0.05, 0.1) is 5.92 Å². The predicted octanol–water partition coefficient (Wildman–Crippen LogP) is 0.448. The molecule has 0 spiro atoms. The Morgan fingerprint density at radius 2 is 1.88 bits per heavy atom. The number of nitrogens with two attached hydrogens (primary N) is 1. The summed E-state index contributed by atoms with van der Waals surface area (Å²) in [7, 11) is 0. The van der Waals surface area contributed by atoms with E-state index in [2.05, 4.69) is 5.32 Å². The molecule has 1 aromatic carbocycles. The Morgan fingerprint density at radius 1 is 1.17 bits per heavy atom. The Hall–Kier alpha value is -2.96. The molecule has 7 heteroatoms. The van der Waals surface area contributed by atoms with Crippen LogP contribution >= 0.6 is 0 Å². The van der Waals surface area contributed by atoms with Gasteiger partial charge >= 0.3 is 0 Å². The normalized spacial score (nSPS) is 11.7. The Morgan fingerprint density at radius 3 is 2.50 bits per heavy atom. The molecule has 24 heavy (non-hydrogen) atoms. The first-order chi connectivity index (χ1) is 11.5. The van der Waals surface area contributed by atoms with E-state index in [-0.39, 0.29) is 24.5 Å². The number of amides is 2. The molecule has 126 valence electrons. The molecule has 1 heterocycles. The number of carbonyl (C=O) groups is 2. The van der Waals surface area contributed by atoms with Crippen molar-refractivity contribution in [3.63, 3.8) is 0 Å². The van der Waals surface area contributed by atoms with Crippen LogP contribution in [0.3, 0.4) is 0 Å². The highest BCUT2D eigenvalue weighted by atomic mass is 19.1. The lowest BCUT2D eigenvalue weighted by Gasteiger charge is -2.15. The number of nitrogens with zero attached hydrogens (tertiary/aromatic N) is 1. The zero-order valence-electron chi connectivity index (χ0n) is 12.9. The van der Waals surface area contributed by atoms with Crippen LogP contribution in [0.2, 0.25) is 0 Å². The van der Waals surface area contributed by atoms with Crippen molar-refractivity contribution in [2.75, 3.05) is 6.54 Å². The fourth-order valence-electron chi connectivity index (χ4n) is 2.22. The number of carbonyl (C=O) groups excluding carboxylic acids is 2. The molecule has 6 nitrogen and oxygen atoms in total. The SMILES string of the molecule is NC(=O)C(CNC(=O)Cn1ccccc1=O)Cc1ccc(F)cc1. The van der Waals surface area contributed by atoms with E-state index in [1.54, 1.807) is 24.3 Å². The average Bonchev–Trinajstić information content (AvgIpc) is 2.55. The summed E-state index contributed by atoms with van der Waals surface area (Å²) in [4.78, 5) is 35.0. The highest BCUT2D eigenvalue weighted by Crippen LogP contribution is 2.09. The van der Waals surface area contributed by atoms with Crippen molar-refractivity contribution in [3.05, 3.63) is 70.4 Å². The van der Waals surface area contributed by atoms with E-state index in [0.717, 1.165) is 5.56 Å². The summed E-state index contributed by atoms with van der Waals surface area (Å²) in [5.41, 5.74) is 5.82. The summed E-state index contributed by atoms with van der Waals surface area (Å²) in [5, 5.41) is 2.60. The zero-order chi connectivity index (χ0) is 17.5. The Labute approximate surface area is 138 Å². The first kappa shape index (κ1) is 17.4. The number of nitrogens with one attached hydrogen (secondary N) is 1. The lowest BCUT2D eigenvalue weighted by molar-refractivity contribution is -0.123. The summed E-state index contributed by atoms with van der Waals surface area (Å²) >= 11 is 0. The number of rotatable bonds is 7. The number of pyridine rings is 1. The Balaban J connectivity index is 1.92. The van der Waals surface area contributed by atoms with Crippen molar-refractivity contribution in [3.8, 4) is 0 Å². The van der Waals surface area contributed by atoms with E-state index < -0.39 is 17.7 Å². The zero-order valence-corrected chi connectivity index (χ0v) is 12.9. The second kappa shape index (κ2) is 8.05. The number of hydrogen-bond donors (Lipinski definition) is 2. The van der Waals surface area contributed by atoms with Gasteiger partial charge in [-0.15, -0.1) is 0 Å². The maximum absolute atomic E-state index is 12.9. The molecule has 1 aromatic heterocycles. The maximum Gasteiger partial charge on any atom is 0.250 e. The largest absolute Gasteiger partial charge is 0.369 e. The van der Waals surface area contributed by atoms with Crippen LogP contribution in [-0.4, -0.2) is 22.9 Å². The molecule has 1 atom stereocenters. The molecule has 3 N–H and O–H groups in total. The third-order valence-electron chi connectivity index (χ3n) is 3.56. The summed E-state index contributed by atoms with van der Waals surface area (Å²) in [6.07, 6.45) is 1.80. The lowest BCUT2D eigenvalue weighted by Crippen LogP contribution is -2.39. The van der Waals surface area contributed by atoms with Crippen molar-refractivity contribution >= 4 is 11.8 Å². The second-order valence-electron chi connectivity index (χ2n) is 5.40. The van der Waals surface area contributed by atoms with Crippen LogP contribution in [0.15, 0.2) is 53.5 Å². The van der Waals surface area contributed by atoms with Gasteiger partial charge in [0.1, 0.15) is 12.4 Å². The molecule has 0 aliphatic carbocycles. The standard InChI is InChI=1S/C17H18FN3O3/c18-14-6-4-12(5-7-14)9-13(17(19)24)10-20-15(22)11-21-8-2-1-3-16(21)23/h1-8,13H,9-11H2,(H2,19,24)(H,20,22). The van der Waals surface area contributed by atoms with Gasteiger partial charge in [-0.1, -0.05) is 18.2 Å². The van der Waals surface area contributed by atoms with Crippen molar-refractivity contribution in [2.24, 2.45) is 11.7 Å². The van der Waals surface area contributed by atoms with Gasteiger partial charge in [0.25, 0.3) is 5.56 Å². The van der Waals surface area contributed by atoms with Crippen molar-refractivity contribution in [2.45, 2.75) is 13.0 Å². The molecule has 0 aliphatic rings. The average molecular weight is 331 g/mol. The minimum Gasteiger partial charge on any atom is -0.369 e.